The summed E-state index contributed by atoms with van der Waals surface area (Å²) in [7, 11) is 1.57. The van der Waals surface area contributed by atoms with Gasteiger partial charge in [-0.25, -0.2) is 8.78 Å². The zero-order chi connectivity index (χ0) is 11.4. The van der Waals surface area contributed by atoms with Crippen molar-refractivity contribution in [3.05, 3.63) is 28.8 Å². The van der Waals surface area contributed by atoms with Crippen molar-refractivity contribution < 1.29 is 13.6 Å². The van der Waals surface area contributed by atoms with Gasteiger partial charge in [0.15, 0.2) is 5.82 Å². The van der Waals surface area contributed by atoms with Gasteiger partial charge in [-0.1, -0.05) is 11.6 Å². The normalized spacial score (nSPS) is 10.1. The summed E-state index contributed by atoms with van der Waals surface area (Å²) in [6.45, 7) is 0.0210. The number of rotatable bonds is 3. The largest absolute Gasteiger partial charge is 0.321 e. The van der Waals surface area contributed by atoms with E-state index in [2.05, 4.69) is 10.6 Å². The lowest BCUT2D eigenvalue weighted by atomic mass is 10.3. The van der Waals surface area contributed by atoms with Crippen molar-refractivity contribution in [2.24, 2.45) is 0 Å². The van der Waals surface area contributed by atoms with Crippen LogP contribution in [0.1, 0.15) is 0 Å². The second-order valence-electron chi connectivity index (χ2n) is 2.82. The van der Waals surface area contributed by atoms with Crippen LogP contribution in [0.3, 0.4) is 0 Å². The second-order valence-corrected chi connectivity index (χ2v) is 3.23. The minimum Gasteiger partial charge on any atom is -0.321 e. The van der Waals surface area contributed by atoms with Crippen LogP contribution in [0.5, 0.6) is 0 Å². The number of carbonyl (C=O) groups excluding carboxylic acids is 1. The van der Waals surface area contributed by atoms with Crippen LogP contribution in [-0.4, -0.2) is 19.5 Å². The smallest absolute Gasteiger partial charge is 0.238 e. The fraction of sp³-hybridized carbons (Fsp3) is 0.222. The van der Waals surface area contributed by atoms with Gasteiger partial charge >= 0.3 is 0 Å². The Morgan fingerprint density at radius 2 is 2.13 bits per heavy atom. The highest BCUT2D eigenvalue weighted by Crippen LogP contribution is 2.26. The Hall–Kier alpha value is -1.20. The zero-order valence-electron chi connectivity index (χ0n) is 7.90. The maximum Gasteiger partial charge on any atom is 0.238 e. The summed E-state index contributed by atoms with van der Waals surface area (Å²) in [5, 5.41) is 4.65. The minimum atomic E-state index is -0.899. The first kappa shape index (κ1) is 11.9. The van der Waals surface area contributed by atoms with Gasteiger partial charge < -0.3 is 10.6 Å². The molecule has 6 heteroatoms. The summed E-state index contributed by atoms with van der Waals surface area (Å²) in [4.78, 5) is 11.1. The van der Waals surface area contributed by atoms with Gasteiger partial charge in [-0.2, -0.15) is 0 Å². The van der Waals surface area contributed by atoms with E-state index < -0.39 is 17.5 Å². The van der Waals surface area contributed by atoms with Crippen LogP contribution in [-0.2, 0) is 4.79 Å². The Bertz CT molecular complexity index is 361. The number of nitrogens with one attached hydrogen (secondary N) is 2. The van der Waals surface area contributed by atoms with Crippen molar-refractivity contribution in [1.82, 2.24) is 5.32 Å². The van der Waals surface area contributed by atoms with E-state index in [0.29, 0.717) is 6.07 Å². The Balaban J connectivity index is 2.90. The van der Waals surface area contributed by atoms with Crippen LogP contribution in [0.25, 0.3) is 0 Å². The molecule has 0 saturated carbocycles. The van der Waals surface area contributed by atoms with E-state index in [0.717, 1.165) is 6.07 Å². The number of halogens is 3. The van der Waals surface area contributed by atoms with Gasteiger partial charge in [-0.3, -0.25) is 4.79 Å². The number of anilines is 1. The molecule has 0 aliphatic carbocycles. The van der Waals surface area contributed by atoms with Crippen molar-refractivity contribution in [1.29, 1.82) is 0 Å². The van der Waals surface area contributed by atoms with Crippen LogP contribution < -0.4 is 10.6 Å². The topological polar surface area (TPSA) is 41.1 Å². The maximum atomic E-state index is 13.2. The fourth-order valence-electron chi connectivity index (χ4n) is 1.01. The summed E-state index contributed by atoms with van der Waals surface area (Å²) in [6.07, 6.45) is 0. The molecule has 1 aromatic rings. The van der Waals surface area contributed by atoms with E-state index in [1.165, 1.54) is 0 Å². The van der Waals surface area contributed by atoms with Gasteiger partial charge in [-0.15, -0.1) is 0 Å². The molecule has 0 atom stereocenters. The van der Waals surface area contributed by atoms with Crippen LogP contribution in [0.4, 0.5) is 14.5 Å². The highest BCUT2D eigenvalue weighted by Gasteiger charge is 2.12. The van der Waals surface area contributed by atoms with Crippen molar-refractivity contribution in [2.45, 2.75) is 0 Å². The maximum absolute atomic E-state index is 13.2. The molecule has 2 N–H and O–H groups in total. The van der Waals surface area contributed by atoms with Gasteiger partial charge in [0, 0.05) is 6.07 Å². The Morgan fingerprint density at radius 3 is 2.67 bits per heavy atom. The summed E-state index contributed by atoms with van der Waals surface area (Å²) in [6, 6.07) is 1.58. The number of carbonyl (C=O) groups is 1. The molecule has 0 radical (unpaired) electrons. The Labute approximate surface area is 90.4 Å². The standard InChI is InChI=1S/C9H9ClF2N2O/c1-13-4-8(15)14-9-6(10)2-5(11)3-7(9)12/h2-3,13H,4H2,1H3,(H,14,15). The molecule has 0 bridgehead atoms. The molecule has 15 heavy (non-hydrogen) atoms. The summed E-state index contributed by atoms with van der Waals surface area (Å²) >= 11 is 5.56. The summed E-state index contributed by atoms with van der Waals surface area (Å²) in [5.74, 6) is -2.14. The van der Waals surface area contributed by atoms with Gasteiger partial charge in [0.25, 0.3) is 0 Å². The molecule has 1 aromatic carbocycles. The predicted octanol–water partition coefficient (Wildman–Crippen LogP) is 1.78. The first-order chi connectivity index (χ1) is 7.04. The van der Waals surface area contributed by atoms with Crippen LogP contribution >= 0.6 is 11.6 Å². The van der Waals surface area contributed by atoms with E-state index in [9.17, 15) is 13.6 Å². The molecule has 82 valence electrons. The molecule has 0 heterocycles. The predicted molar refractivity (Wildman–Crippen MR) is 53.9 cm³/mol. The van der Waals surface area contributed by atoms with Crippen LogP contribution in [0.15, 0.2) is 12.1 Å². The van der Waals surface area contributed by atoms with E-state index in [-0.39, 0.29) is 17.3 Å². The molecule has 0 fully saturated rings. The van der Waals surface area contributed by atoms with Crippen molar-refractivity contribution in [3.8, 4) is 0 Å². The average molecular weight is 235 g/mol. The zero-order valence-corrected chi connectivity index (χ0v) is 8.66. The lowest BCUT2D eigenvalue weighted by molar-refractivity contribution is -0.115. The molecule has 1 amide bonds. The number of benzene rings is 1. The number of hydrogen-bond acceptors (Lipinski definition) is 2. The third-order valence-electron chi connectivity index (χ3n) is 1.61. The fourth-order valence-corrected chi connectivity index (χ4v) is 1.25. The lowest BCUT2D eigenvalue weighted by Crippen LogP contribution is -2.25. The third kappa shape index (κ3) is 3.14. The van der Waals surface area contributed by atoms with Gasteiger partial charge in [-0.05, 0) is 13.1 Å². The van der Waals surface area contributed by atoms with Gasteiger partial charge in [0.05, 0.1) is 17.3 Å². The Kier molecular flexibility index (Phi) is 3.99. The number of likely N-dealkylation sites (N-methyl/N-ethyl adjacent to an activating group) is 1. The molecule has 3 nitrogen and oxygen atoms in total. The van der Waals surface area contributed by atoms with E-state index >= 15 is 0 Å². The van der Waals surface area contributed by atoms with Crippen LogP contribution in [0.2, 0.25) is 5.02 Å². The number of hydrogen-bond donors (Lipinski definition) is 2. The van der Waals surface area contributed by atoms with Gasteiger partial charge in [0.2, 0.25) is 5.91 Å². The average Bonchev–Trinajstić information content (AvgIpc) is 2.11. The second kappa shape index (κ2) is 5.04. The molecule has 0 unspecified atom stereocenters. The van der Waals surface area contributed by atoms with E-state index in [1.54, 1.807) is 7.05 Å². The lowest BCUT2D eigenvalue weighted by Gasteiger charge is -2.07. The highest BCUT2D eigenvalue weighted by atomic mass is 35.5. The molecule has 0 aliphatic heterocycles. The van der Waals surface area contributed by atoms with E-state index in [4.69, 9.17) is 11.6 Å². The molecule has 0 spiro atoms. The minimum absolute atomic E-state index is 0.0210. The first-order valence-corrected chi connectivity index (χ1v) is 4.51. The monoisotopic (exact) mass is 234 g/mol. The van der Waals surface area contributed by atoms with E-state index in [1.807, 2.05) is 0 Å². The SMILES string of the molecule is CNCC(=O)Nc1c(F)cc(F)cc1Cl. The molecule has 0 aliphatic rings. The highest BCUT2D eigenvalue weighted by molar-refractivity contribution is 6.33. The molecule has 1 rings (SSSR count). The quantitative estimate of drug-likeness (QED) is 0.837. The van der Waals surface area contributed by atoms with Crippen molar-refractivity contribution in [2.75, 3.05) is 18.9 Å². The number of amides is 1. The van der Waals surface area contributed by atoms with Crippen molar-refractivity contribution >= 4 is 23.2 Å². The van der Waals surface area contributed by atoms with Crippen LogP contribution in [0, 0.1) is 11.6 Å². The third-order valence-corrected chi connectivity index (χ3v) is 1.91. The molecular weight excluding hydrogens is 226 g/mol. The summed E-state index contributed by atoms with van der Waals surface area (Å²) in [5.41, 5.74) is -0.210. The first-order valence-electron chi connectivity index (χ1n) is 4.13. The van der Waals surface area contributed by atoms with Crippen molar-refractivity contribution in [3.63, 3.8) is 0 Å². The molecular formula is C9H9ClF2N2O. The molecule has 0 saturated heterocycles. The Morgan fingerprint density at radius 1 is 1.47 bits per heavy atom. The van der Waals surface area contributed by atoms with Gasteiger partial charge in [0.1, 0.15) is 5.82 Å². The molecule has 0 aromatic heterocycles. The summed E-state index contributed by atoms with van der Waals surface area (Å²) < 4.78 is 25.8.